The molecule has 0 aromatic heterocycles. The van der Waals surface area contributed by atoms with Gasteiger partial charge < -0.3 is 4.90 Å². The van der Waals surface area contributed by atoms with Crippen LogP contribution < -0.4 is 4.90 Å². The summed E-state index contributed by atoms with van der Waals surface area (Å²) >= 11 is 0. The van der Waals surface area contributed by atoms with Crippen molar-refractivity contribution in [2.45, 2.75) is 144 Å². The number of benzene rings is 4. The summed E-state index contributed by atoms with van der Waals surface area (Å²) in [6, 6.07) is 28.3. The van der Waals surface area contributed by atoms with E-state index >= 15 is 0 Å². The van der Waals surface area contributed by atoms with Crippen molar-refractivity contribution in [1.82, 2.24) is 0 Å². The number of anilines is 1. The molecular formula is C48H63NO. The number of rotatable bonds is 4. The Morgan fingerprint density at radius 3 is 1.08 bits per heavy atom. The van der Waals surface area contributed by atoms with Crippen molar-refractivity contribution in [1.29, 1.82) is 0 Å². The molecule has 2 nitrogen and oxygen atoms in total. The third kappa shape index (κ3) is 7.96. The van der Waals surface area contributed by atoms with E-state index < -0.39 is 0 Å². The van der Waals surface area contributed by atoms with Crippen LogP contribution in [0.5, 0.6) is 0 Å². The summed E-state index contributed by atoms with van der Waals surface area (Å²) in [6.07, 6.45) is 1.55. The fraction of sp³-hybridized carbons (Fsp3) is 0.479. The van der Waals surface area contributed by atoms with E-state index in [1.54, 1.807) is 0 Å². The van der Waals surface area contributed by atoms with Crippen LogP contribution in [0.15, 0.2) is 72.8 Å². The molecule has 0 atom stereocenters. The Morgan fingerprint density at radius 1 is 0.440 bits per heavy atom. The number of nitrogens with zero attached hydrogens (tertiary/aromatic N) is 1. The molecule has 0 saturated carbocycles. The minimum atomic E-state index is -0.0645. The maximum absolute atomic E-state index is 12.7. The van der Waals surface area contributed by atoms with E-state index in [4.69, 9.17) is 0 Å². The number of hydrogen-bond donors (Lipinski definition) is 0. The molecule has 4 aromatic rings. The minimum absolute atomic E-state index is 0.00674. The van der Waals surface area contributed by atoms with Gasteiger partial charge in [0, 0.05) is 18.7 Å². The molecule has 1 aliphatic rings. The van der Waals surface area contributed by atoms with Gasteiger partial charge in [-0.2, -0.15) is 0 Å². The van der Waals surface area contributed by atoms with Gasteiger partial charge in [-0.25, -0.2) is 0 Å². The Balaban J connectivity index is 1.94. The average Bonchev–Trinajstić information content (AvgIpc) is 3.43. The van der Waals surface area contributed by atoms with Crippen LogP contribution in [0.1, 0.15) is 145 Å². The van der Waals surface area contributed by atoms with E-state index in [-0.39, 0.29) is 33.0 Å². The minimum Gasteiger partial charge on any atom is -0.312 e. The molecule has 1 saturated heterocycles. The van der Waals surface area contributed by atoms with Gasteiger partial charge in [0.1, 0.15) is 0 Å². The molecule has 4 aromatic carbocycles. The summed E-state index contributed by atoms with van der Waals surface area (Å²) in [4.78, 5) is 14.7. The van der Waals surface area contributed by atoms with E-state index in [0.29, 0.717) is 6.42 Å². The van der Waals surface area contributed by atoms with Crippen LogP contribution in [0.4, 0.5) is 5.69 Å². The molecule has 0 aliphatic carbocycles. The molecule has 0 unspecified atom stereocenters. The lowest BCUT2D eigenvalue weighted by molar-refractivity contribution is -0.117. The Labute approximate surface area is 304 Å². The topological polar surface area (TPSA) is 20.3 Å². The van der Waals surface area contributed by atoms with E-state index in [1.165, 1.54) is 61.2 Å². The zero-order valence-corrected chi connectivity index (χ0v) is 33.9. The molecule has 1 heterocycles. The van der Waals surface area contributed by atoms with Crippen LogP contribution in [0.3, 0.4) is 0 Å². The average molecular weight is 670 g/mol. The van der Waals surface area contributed by atoms with Gasteiger partial charge >= 0.3 is 0 Å². The Morgan fingerprint density at radius 2 is 0.780 bits per heavy atom. The highest BCUT2D eigenvalue weighted by molar-refractivity contribution is 5.98. The van der Waals surface area contributed by atoms with Crippen LogP contribution in [0, 0.1) is 0 Å². The predicted molar refractivity (Wildman–Crippen MR) is 218 cm³/mol. The summed E-state index contributed by atoms with van der Waals surface area (Å²) in [6.45, 7) is 35.6. The third-order valence-corrected chi connectivity index (χ3v) is 10.5. The van der Waals surface area contributed by atoms with Gasteiger partial charge in [0.05, 0.1) is 0 Å². The molecule has 266 valence electrons. The Hall–Kier alpha value is -3.65. The maximum Gasteiger partial charge on any atom is 0.227 e. The van der Waals surface area contributed by atoms with Crippen molar-refractivity contribution >= 4 is 11.6 Å². The first-order valence-corrected chi connectivity index (χ1v) is 18.8. The molecule has 0 N–H and O–H groups in total. The predicted octanol–water partition coefficient (Wildman–Crippen LogP) is 13.3. The molecular weight excluding hydrogens is 607 g/mol. The number of carbonyl (C=O) groups is 1. The molecule has 2 heteroatoms. The molecule has 0 radical (unpaired) electrons. The van der Waals surface area contributed by atoms with Crippen molar-refractivity contribution in [3.63, 3.8) is 0 Å². The van der Waals surface area contributed by atoms with Crippen LogP contribution in [0.25, 0.3) is 33.4 Å². The molecule has 1 fully saturated rings. The SMILES string of the molecule is CC(C)(C)c1cc(-c2cc(C(C)(C)C)cc(-c3cc(C(C)(C)C)cc(C(C)(C)C)c3)c2-c2ccc(N3CCCC3=O)cc2)cc(C(C)(C)C)c1. The van der Waals surface area contributed by atoms with Crippen LogP contribution in [-0.4, -0.2) is 12.5 Å². The highest BCUT2D eigenvalue weighted by Gasteiger charge is 2.28. The van der Waals surface area contributed by atoms with Gasteiger partial charge in [-0.1, -0.05) is 152 Å². The second-order valence-electron chi connectivity index (χ2n) is 20.0. The smallest absolute Gasteiger partial charge is 0.227 e. The van der Waals surface area contributed by atoms with Crippen molar-refractivity contribution < 1.29 is 4.79 Å². The van der Waals surface area contributed by atoms with Crippen molar-refractivity contribution in [3.05, 3.63) is 101 Å². The largest absolute Gasteiger partial charge is 0.312 e. The van der Waals surface area contributed by atoms with Crippen LogP contribution in [0.2, 0.25) is 0 Å². The number of amides is 1. The molecule has 0 spiro atoms. The lowest BCUT2D eigenvalue weighted by atomic mass is 9.75. The summed E-state index contributed by atoms with van der Waals surface area (Å²) in [5.41, 5.74) is 15.0. The fourth-order valence-electron chi connectivity index (χ4n) is 6.87. The molecule has 5 rings (SSSR count). The van der Waals surface area contributed by atoms with Gasteiger partial charge in [0.15, 0.2) is 0 Å². The number of hydrogen-bond acceptors (Lipinski definition) is 1. The highest BCUT2D eigenvalue weighted by Crippen LogP contribution is 2.47. The Bertz CT molecular complexity index is 1730. The second-order valence-corrected chi connectivity index (χ2v) is 20.0. The van der Waals surface area contributed by atoms with Gasteiger partial charge in [-0.3, -0.25) is 4.79 Å². The number of carbonyl (C=O) groups excluding carboxylic acids is 1. The summed E-state index contributed by atoms with van der Waals surface area (Å²) in [5.74, 6) is 0.219. The Kier molecular flexibility index (Phi) is 9.66. The quantitative estimate of drug-likeness (QED) is 0.212. The lowest BCUT2D eigenvalue weighted by Crippen LogP contribution is -2.23. The molecule has 50 heavy (non-hydrogen) atoms. The normalized spacial score (nSPS) is 14.9. The van der Waals surface area contributed by atoms with Crippen molar-refractivity contribution in [3.8, 4) is 33.4 Å². The standard InChI is InChI=1S/C48H63NO/c1-44(2,3)34-23-32(24-35(27-34)45(4,5)6)40-29-38(48(13,14)15)30-41(33-25-36(46(7,8)9)28-37(26-33)47(10,11)12)43(40)31-18-20-39(21-19-31)49-22-16-17-42(49)50/h18-21,23-30H,16-17,22H2,1-15H3. The van der Waals surface area contributed by atoms with E-state index in [2.05, 4.69) is 177 Å². The highest BCUT2D eigenvalue weighted by atomic mass is 16.2. The van der Waals surface area contributed by atoms with Gasteiger partial charge in [-0.15, -0.1) is 0 Å². The molecule has 1 aliphatic heterocycles. The maximum atomic E-state index is 12.7. The summed E-state index contributed by atoms with van der Waals surface area (Å²) < 4.78 is 0. The second kappa shape index (κ2) is 12.8. The van der Waals surface area contributed by atoms with Crippen LogP contribution >= 0.6 is 0 Å². The van der Waals surface area contributed by atoms with E-state index in [9.17, 15) is 4.79 Å². The zero-order chi connectivity index (χ0) is 37.2. The summed E-state index contributed by atoms with van der Waals surface area (Å²) in [5, 5.41) is 0. The van der Waals surface area contributed by atoms with E-state index in [0.717, 1.165) is 18.7 Å². The van der Waals surface area contributed by atoms with Gasteiger partial charge in [0.2, 0.25) is 5.91 Å². The zero-order valence-electron chi connectivity index (χ0n) is 33.9. The molecule has 0 bridgehead atoms. The van der Waals surface area contributed by atoms with Crippen molar-refractivity contribution in [2.75, 3.05) is 11.4 Å². The first-order chi connectivity index (χ1) is 22.8. The first-order valence-electron chi connectivity index (χ1n) is 18.8. The lowest BCUT2D eigenvalue weighted by Gasteiger charge is -2.30. The van der Waals surface area contributed by atoms with Gasteiger partial charge in [0.25, 0.3) is 0 Å². The van der Waals surface area contributed by atoms with Crippen molar-refractivity contribution in [2.24, 2.45) is 0 Å². The fourth-order valence-corrected chi connectivity index (χ4v) is 6.87. The first kappa shape index (κ1) is 37.6. The van der Waals surface area contributed by atoms with E-state index in [1.807, 2.05) is 4.90 Å². The van der Waals surface area contributed by atoms with Crippen LogP contribution in [-0.2, 0) is 31.9 Å². The summed E-state index contributed by atoms with van der Waals surface area (Å²) in [7, 11) is 0. The third-order valence-electron chi connectivity index (χ3n) is 10.5. The molecule has 1 amide bonds. The monoisotopic (exact) mass is 669 g/mol. The van der Waals surface area contributed by atoms with Gasteiger partial charge in [-0.05, 0) is 119 Å².